The van der Waals surface area contributed by atoms with Crippen molar-refractivity contribution in [2.24, 2.45) is 0 Å². The van der Waals surface area contributed by atoms with Gasteiger partial charge in [-0.25, -0.2) is 4.79 Å². The number of phenols is 1. The van der Waals surface area contributed by atoms with Gasteiger partial charge in [0.2, 0.25) is 6.79 Å². The molecule has 0 saturated carbocycles. The van der Waals surface area contributed by atoms with E-state index in [2.05, 4.69) is 0 Å². The molecule has 0 bridgehead atoms. The number of benzene rings is 2. The number of carbonyl (C=O) groups excluding carboxylic acids is 1. The summed E-state index contributed by atoms with van der Waals surface area (Å²) < 4.78 is 34.6. The van der Waals surface area contributed by atoms with Crippen LogP contribution in [0.25, 0.3) is 0 Å². The monoisotopic (exact) mass is 573 g/mol. The first-order valence-electron chi connectivity index (χ1n) is 12.3. The van der Waals surface area contributed by atoms with Crippen LogP contribution in [-0.2, 0) is 25.2 Å². The number of hydrogen-bond acceptors (Lipinski definition) is 7. The lowest BCUT2D eigenvalue weighted by molar-refractivity contribution is -0.0994. The molecule has 7 nitrogen and oxygen atoms in total. The fraction of sp³-hybridized carbons (Fsp3) is 0.519. The third kappa shape index (κ3) is 8.75. The van der Waals surface area contributed by atoms with Gasteiger partial charge in [-0.1, -0.05) is 67.6 Å². The predicted molar refractivity (Wildman–Crippen MR) is 147 cm³/mol. The van der Waals surface area contributed by atoms with E-state index in [1.807, 2.05) is 39.8 Å². The summed E-state index contributed by atoms with van der Waals surface area (Å²) >= 11 is 13.1. The van der Waals surface area contributed by atoms with E-state index < -0.39 is 19.3 Å². The first-order chi connectivity index (χ1) is 17.4. The number of aromatic hydroxyl groups is 1. The Hall–Kier alpha value is -2.05. The van der Waals surface area contributed by atoms with Crippen molar-refractivity contribution in [3.05, 3.63) is 57.1 Å². The second-order valence-corrected chi connectivity index (χ2v) is 11.9. The lowest BCUT2D eigenvalue weighted by Crippen LogP contribution is -2.30. The predicted octanol–water partition coefficient (Wildman–Crippen LogP) is 8.63. The largest absolute Gasteiger partial charge is 0.510 e. The highest BCUT2D eigenvalue weighted by atomic mass is 35.5. The van der Waals surface area contributed by atoms with Crippen LogP contribution < -0.4 is 4.74 Å². The van der Waals surface area contributed by atoms with Gasteiger partial charge in [0.1, 0.15) is 11.5 Å². The molecule has 204 valence electrons. The molecule has 0 aliphatic carbocycles. The average Bonchev–Trinajstić information content (AvgIpc) is 2.83. The number of ether oxygens (including phenoxy) is 4. The Morgan fingerprint density at radius 3 is 2.22 bits per heavy atom. The van der Waals surface area contributed by atoms with Crippen LogP contribution >= 0.6 is 31.0 Å². The Balaban J connectivity index is 2.07. The highest BCUT2D eigenvalue weighted by Gasteiger charge is 2.48. The molecule has 0 aliphatic rings. The Bertz CT molecular complexity index is 1060. The second-order valence-electron chi connectivity index (χ2n) is 9.22. The molecule has 0 aromatic heterocycles. The smallest absolute Gasteiger partial charge is 0.508 e. The van der Waals surface area contributed by atoms with Crippen LogP contribution in [0.5, 0.6) is 11.5 Å². The number of halogens is 2. The molecule has 0 aliphatic heterocycles. The molecular weight excluding hydrogens is 538 g/mol. The zero-order valence-electron chi connectivity index (χ0n) is 22.2. The number of phenolic OH excluding ortho intramolecular Hbond substituents is 1. The molecule has 1 atom stereocenters. The van der Waals surface area contributed by atoms with Crippen molar-refractivity contribution in [1.29, 1.82) is 0 Å². The third-order valence-corrected chi connectivity index (χ3v) is 8.66. The van der Waals surface area contributed by atoms with Gasteiger partial charge >= 0.3 is 14.0 Å². The lowest BCUT2D eigenvalue weighted by Gasteiger charge is -2.21. The molecule has 2 rings (SSSR count). The van der Waals surface area contributed by atoms with E-state index in [9.17, 15) is 14.5 Å². The summed E-state index contributed by atoms with van der Waals surface area (Å²) in [6.07, 6.45) is 0.0399. The maximum absolute atomic E-state index is 13.2. The van der Waals surface area contributed by atoms with Gasteiger partial charge in [0.15, 0.2) is 0 Å². The number of carbonyl (C=O) groups is 1. The van der Waals surface area contributed by atoms with E-state index in [-0.39, 0.29) is 30.9 Å². The van der Waals surface area contributed by atoms with Gasteiger partial charge in [0, 0.05) is 29.3 Å². The Kier molecular flexibility index (Phi) is 12.0. The molecule has 0 spiro atoms. The molecule has 10 heteroatoms. The van der Waals surface area contributed by atoms with Crippen molar-refractivity contribution in [2.75, 3.05) is 13.1 Å². The lowest BCUT2D eigenvalue weighted by atomic mass is 9.96. The van der Waals surface area contributed by atoms with Crippen LogP contribution in [0.2, 0.25) is 10.0 Å². The van der Waals surface area contributed by atoms with Crippen LogP contribution in [-0.4, -0.2) is 35.8 Å². The Labute approximate surface area is 230 Å². The number of hydrogen-bond donors (Lipinski definition) is 1. The summed E-state index contributed by atoms with van der Waals surface area (Å²) in [5.41, 5.74) is 2.55. The maximum atomic E-state index is 13.2. The molecule has 2 aromatic rings. The summed E-state index contributed by atoms with van der Waals surface area (Å²) in [4.78, 5) is 11.6. The summed E-state index contributed by atoms with van der Waals surface area (Å²) in [6, 6.07) is 8.74. The molecule has 2 aromatic carbocycles. The minimum Gasteiger partial charge on any atom is -0.508 e. The van der Waals surface area contributed by atoms with Gasteiger partial charge in [-0.2, -0.15) is 0 Å². The minimum absolute atomic E-state index is 0.130. The summed E-state index contributed by atoms with van der Waals surface area (Å²) in [6.45, 7) is 10.8. The summed E-state index contributed by atoms with van der Waals surface area (Å²) in [5.74, 6) is 0.815. The quantitative estimate of drug-likeness (QED) is 0.145. The van der Waals surface area contributed by atoms with Crippen molar-refractivity contribution >= 4 is 37.2 Å². The molecule has 0 amide bonds. The maximum Gasteiger partial charge on any atom is 0.510 e. The van der Waals surface area contributed by atoms with E-state index in [1.165, 1.54) is 0 Å². The van der Waals surface area contributed by atoms with Gasteiger partial charge in [-0.3, -0.25) is 4.74 Å². The van der Waals surface area contributed by atoms with Gasteiger partial charge < -0.3 is 19.3 Å². The zero-order chi connectivity index (χ0) is 27.8. The van der Waals surface area contributed by atoms with Crippen molar-refractivity contribution in [3.8, 4) is 11.5 Å². The van der Waals surface area contributed by atoms with Crippen LogP contribution in [0.1, 0.15) is 77.0 Å². The molecule has 0 radical (unpaired) electrons. The van der Waals surface area contributed by atoms with Crippen LogP contribution in [0.3, 0.4) is 0 Å². The van der Waals surface area contributed by atoms with E-state index in [4.69, 9.17) is 42.1 Å². The van der Waals surface area contributed by atoms with E-state index in [1.54, 1.807) is 32.0 Å². The fourth-order valence-electron chi connectivity index (χ4n) is 3.76. The second kappa shape index (κ2) is 14.2. The summed E-state index contributed by atoms with van der Waals surface area (Å²) in [7, 11) is -2.02. The minimum atomic E-state index is -2.02. The standard InChI is InChI=1S/C27H35Cl2O7P/c1-7-27(8-2,35-15-33-26(31)36-18(5)6)37(32)16-34-20-13-23(28)22(24(29)14-20)12-19-9-10-25(30)21(11-19)17(3)4/h9-11,13-14,17-18H,7-8,12,15-16H2,1-6H3/p+1. The van der Waals surface area contributed by atoms with Crippen LogP contribution in [0.15, 0.2) is 30.3 Å². The molecule has 0 fully saturated rings. The molecule has 0 saturated heterocycles. The van der Waals surface area contributed by atoms with E-state index in [0.29, 0.717) is 35.1 Å². The van der Waals surface area contributed by atoms with Crippen molar-refractivity contribution in [2.45, 2.75) is 78.2 Å². The first kappa shape index (κ1) is 31.2. The third-order valence-electron chi connectivity index (χ3n) is 5.95. The molecule has 1 N–H and O–H groups in total. The van der Waals surface area contributed by atoms with Crippen molar-refractivity contribution in [1.82, 2.24) is 0 Å². The zero-order valence-corrected chi connectivity index (χ0v) is 24.6. The van der Waals surface area contributed by atoms with Gasteiger partial charge in [0.25, 0.3) is 11.7 Å². The number of rotatable bonds is 13. The summed E-state index contributed by atoms with van der Waals surface area (Å²) in [5, 5.41) is 9.89. The van der Waals surface area contributed by atoms with E-state index in [0.717, 1.165) is 16.7 Å². The Morgan fingerprint density at radius 2 is 1.68 bits per heavy atom. The van der Waals surface area contributed by atoms with Crippen molar-refractivity contribution in [3.63, 3.8) is 0 Å². The Morgan fingerprint density at radius 1 is 1.05 bits per heavy atom. The fourth-order valence-corrected chi connectivity index (χ4v) is 5.76. The van der Waals surface area contributed by atoms with Gasteiger partial charge in [-0.15, -0.1) is 0 Å². The highest BCUT2D eigenvalue weighted by Crippen LogP contribution is 2.46. The molecular formula is C27H36Cl2O7P+. The molecule has 1 unspecified atom stereocenters. The highest BCUT2D eigenvalue weighted by molar-refractivity contribution is 7.46. The molecule has 0 heterocycles. The SMILES string of the molecule is CCC(CC)(OCOC(=O)OC(C)C)[P+](=O)COc1cc(Cl)c(Cc2ccc(O)c(C(C)C)c2)c(Cl)c1. The average molecular weight is 574 g/mol. The molecule has 37 heavy (non-hydrogen) atoms. The van der Waals surface area contributed by atoms with Crippen molar-refractivity contribution < 1.29 is 33.4 Å². The van der Waals surface area contributed by atoms with Gasteiger partial charge in [0.05, 0.1) is 6.10 Å². The van der Waals surface area contributed by atoms with Crippen LogP contribution in [0.4, 0.5) is 4.79 Å². The van der Waals surface area contributed by atoms with E-state index >= 15 is 0 Å². The van der Waals surface area contributed by atoms with Crippen LogP contribution in [0, 0.1) is 0 Å². The normalized spacial score (nSPS) is 12.1. The first-order valence-corrected chi connectivity index (χ1v) is 14.5. The topological polar surface area (TPSA) is 91.3 Å². The van der Waals surface area contributed by atoms with Gasteiger partial charge in [-0.05, 0) is 54.7 Å².